The molecule has 1 aromatic carbocycles. The molecule has 1 aliphatic heterocycles. The van der Waals surface area contributed by atoms with E-state index in [1.165, 1.54) is 5.56 Å². The van der Waals surface area contributed by atoms with Gasteiger partial charge in [0.15, 0.2) is 0 Å². The highest BCUT2D eigenvalue weighted by Gasteiger charge is 2.16. The van der Waals surface area contributed by atoms with Crippen LogP contribution in [0.1, 0.15) is 12.0 Å². The predicted molar refractivity (Wildman–Crippen MR) is 71.2 cm³/mol. The quantitative estimate of drug-likeness (QED) is 0.770. The van der Waals surface area contributed by atoms with Crippen molar-refractivity contribution in [1.29, 1.82) is 0 Å². The zero-order chi connectivity index (χ0) is 11.4. The number of benzene rings is 1. The van der Waals surface area contributed by atoms with Crippen LogP contribution in [-0.2, 0) is 10.1 Å². The minimum atomic E-state index is 0.544. The molecule has 88 valence electrons. The number of alkyl halides is 1. The summed E-state index contributed by atoms with van der Waals surface area (Å²) in [5.41, 5.74) is 1.24. The summed E-state index contributed by atoms with van der Waals surface area (Å²) in [5.74, 6) is 1.46. The SMILES string of the molecule is BrCc1ccc(OCC2CCOC2)c(Br)c1. The summed E-state index contributed by atoms with van der Waals surface area (Å²) in [4.78, 5) is 0. The molecule has 0 aliphatic carbocycles. The van der Waals surface area contributed by atoms with Gasteiger partial charge in [-0.05, 0) is 40.0 Å². The molecular formula is C12H14Br2O2. The lowest BCUT2D eigenvalue weighted by molar-refractivity contribution is 0.167. The van der Waals surface area contributed by atoms with Crippen molar-refractivity contribution in [3.8, 4) is 5.75 Å². The van der Waals surface area contributed by atoms with Gasteiger partial charge in [-0.1, -0.05) is 22.0 Å². The van der Waals surface area contributed by atoms with Gasteiger partial charge < -0.3 is 9.47 Å². The highest BCUT2D eigenvalue weighted by molar-refractivity contribution is 9.10. The Morgan fingerprint density at radius 3 is 2.94 bits per heavy atom. The Bertz CT molecular complexity index is 349. The lowest BCUT2D eigenvalue weighted by Crippen LogP contribution is -2.11. The topological polar surface area (TPSA) is 18.5 Å². The molecule has 1 unspecified atom stereocenters. The molecule has 2 nitrogen and oxygen atoms in total. The van der Waals surface area contributed by atoms with Crippen molar-refractivity contribution in [1.82, 2.24) is 0 Å². The normalized spacial score (nSPS) is 20.0. The van der Waals surface area contributed by atoms with Gasteiger partial charge in [0.05, 0.1) is 17.7 Å². The maximum atomic E-state index is 5.78. The number of ether oxygens (including phenoxy) is 2. The van der Waals surface area contributed by atoms with Crippen molar-refractivity contribution in [3.63, 3.8) is 0 Å². The standard InChI is InChI=1S/C12H14Br2O2/c13-6-9-1-2-12(11(14)5-9)16-8-10-3-4-15-7-10/h1-2,5,10H,3-4,6-8H2. The summed E-state index contributed by atoms with van der Waals surface area (Å²) in [6, 6.07) is 6.16. The third-order valence-electron chi connectivity index (χ3n) is 2.65. The maximum Gasteiger partial charge on any atom is 0.133 e. The predicted octanol–water partition coefficient (Wildman–Crippen LogP) is 3.76. The summed E-state index contributed by atoms with van der Waals surface area (Å²) in [6.45, 7) is 2.45. The smallest absolute Gasteiger partial charge is 0.133 e. The fraction of sp³-hybridized carbons (Fsp3) is 0.500. The summed E-state index contributed by atoms with van der Waals surface area (Å²) in [7, 11) is 0. The number of halogens is 2. The molecule has 1 aromatic rings. The van der Waals surface area contributed by atoms with Crippen molar-refractivity contribution < 1.29 is 9.47 Å². The van der Waals surface area contributed by atoms with E-state index < -0.39 is 0 Å². The van der Waals surface area contributed by atoms with Gasteiger partial charge >= 0.3 is 0 Å². The first kappa shape index (κ1) is 12.4. The van der Waals surface area contributed by atoms with Crippen LogP contribution in [0, 0.1) is 5.92 Å². The second kappa shape index (κ2) is 6.03. The Morgan fingerprint density at radius 2 is 2.31 bits per heavy atom. The Balaban J connectivity index is 1.93. The molecule has 0 saturated carbocycles. The molecule has 1 saturated heterocycles. The lowest BCUT2D eigenvalue weighted by Gasteiger charge is -2.12. The molecule has 1 heterocycles. The van der Waals surface area contributed by atoms with Crippen LogP contribution in [0.2, 0.25) is 0 Å². The van der Waals surface area contributed by atoms with Crippen molar-refractivity contribution in [2.75, 3.05) is 19.8 Å². The third kappa shape index (κ3) is 3.22. The summed E-state index contributed by atoms with van der Waals surface area (Å²) >= 11 is 6.95. The van der Waals surface area contributed by atoms with Gasteiger partial charge in [-0.2, -0.15) is 0 Å². The minimum Gasteiger partial charge on any atom is -0.492 e. The summed E-state index contributed by atoms with van der Waals surface area (Å²) in [6.07, 6.45) is 1.11. The molecule has 0 spiro atoms. The number of rotatable bonds is 4. The molecule has 0 aromatic heterocycles. The van der Waals surface area contributed by atoms with E-state index in [2.05, 4.69) is 44.0 Å². The number of hydrogen-bond acceptors (Lipinski definition) is 2. The van der Waals surface area contributed by atoms with Crippen LogP contribution in [0.3, 0.4) is 0 Å². The zero-order valence-corrected chi connectivity index (χ0v) is 12.1. The van der Waals surface area contributed by atoms with Crippen LogP contribution in [-0.4, -0.2) is 19.8 Å². The molecule has 0 N–H and O–H groups in total. The van der Waals surface area contributed by atoms with E-state index in [9.17, 15) is 0 Å². The van der Waals surface area contributed by atoms with Crippen LogP contribution in [0.4, 0.5) is 0 Å². The van der Waals surface area contributed by atoms with Crippen molar-refractivity contribution >= 4 is 31.9 Å². The highest BCUT2D eigenvalue weighted by Crippen LogP contribution is 2.27. The monoisotopic (exact) mass is 348 g/mol. The van der Waals surface area contributed by atoms with Gasteiger partial charge in [0.25, 0.3) is 0 Å². The molecular weight excluding hydrogens is 336 g/mol. The minimum absolute atomic E-state index is 0.544. The van der Waals surface area contributed by atoms with Crippen molar-refractivity contribution in [2.45, 2.75) is 11.8 Å². The molecule has 1 fully saturated rings. The van der Waals surface area contributed by atoms with Crippen LogP contribution in [0.5, 0.6) is 5.75 Å². The molecule has 2 rings (SSSR count). The largest absolute Gasteiger partial charge is 0.492 e. The Hall–Kier alpha value is -0.0600. The van der Waals surface area contributed by atoms with Crippen LogP contribution in [0.25, 0.3) is 0 Å². The first-order valence-corrected chi connectivity index (χ1v) is 7.26. The molecule has 0 radical (unpaired) electrons. The Kier molecular flexibility index (Phi) is 4.67. The average Bonchev–Trinajstić information content (AvgIpc) is 2.80. The zero-order valence-electron chi connectivity index (χ0n) is 8.92. The van der Waals surface area contributed by atoms with E-state index in [1.807, 2.05) is 6.07 Å². The second-order valence-corrected chi connectivity index (χ2v) is 5.35. The van der Waals surface area contributed by atoms with Crippen molar-refractivity contribution in [2.24, 2.45) is 5.92 Å². The van der Waals surface area contributed by atoms with E-state index in [4.69, 9.17) is 9.47 Å². The van der Waals surface area contributed by atoms with Gasteiger partial charge in [-0.25, -0.2) is 0 Å². The average molecular weight is 350 g/mol. The van der Waals surface area contributed by atoms with Gasteiger partial charge in [-0.15, -0.1) is 0 Å². The van der Waals surface area contributed by atoms with E-state index in [0.29, 0.717) is 5.92 Å². The van der Waals surface area contributed by atoms with E-state index >= 15 is 0 Å². The van der Waals surface area contributed by atoms with E-state index in [1.54, 1.807) is 0 Å². The molecule has 16 heavy (non-hydrogen) atoms. The highest BCUT2D eigenvalue weighted by atomic mass is 79.9. The molecule has 0 amide bonds. The van der Waals surface area contributed by atoms with E-state index in [-0.39, 0.29) is 0 Å². The summed E-state index contributed by atoms with van der Waals surface area (Å²) in [5, 5.41) is 0.863. The molecule has 1 atom stereocenters. The maximum absolute atomic E-state index is 5.78. The van der Waals surface area contributed by atoms with Crippen LogP contribution in [0.15, 0.2) is 22.7 Å². The third-order valence-corrected chi connectivity index (χ3v) is 3.92. The fourth-order valence-electron chi connectivity index (χ4n) is 1.67. The van der Waals surface area contributed by atoms with Gasteiger partial charge in [0.1, 0.15) is 5.75 Å². The number of hydrogen-bond donors (Lipinski definition) is 0. The Morgan fingerprint density at radius 1 is 1.44 bits per heavy atom. The van der Waals surface area contributed by atoms with Crippen molar-refractivity contribution in [3.05, 3.63) is 28.2 Å². The van der Waals surface area contributed by atoms with Gasteiger partial charge in [0, 0.05) is 17.9 Å². The van der Waals surface area contributed by atoms with Crippen LogP contribution < -0.4 is 4.74 Å². The molecule has 4 heteroatoms. The first-order valence-electron chi connectivity index (χ1n) is 5.34. The molecule has 0 bridgehead atoms. The van der Waals surface area contributed by atoms with Crippen LogP contribution >= 0.6 is 31.9 Å². The fourth-order valence-corrected chi connectivity index (χ4v) is 2.56. The van der Waals surface area contributed by atoms with Gasteiger partial charge in [-0.3, -0.25) is 0 Å². The van der Waals surface area contributed by atoms with Gasteiger partial charge in [0.2, 0.25) is 0 Å². The Labute approximate surface area is 113 Å². The summed E-state index contributed by atoms with van der Waals surface area (Å²) < 4.78 is 12.1. The van der Waals surface area contributed by atoms with E-state index in [0.717, 1.165) is 41.8 Å². The molecule has 1 aliphatic rings. The first-order chi connectivity index (χ1) is 7.79. The lowest BCUT2D eigenvalue weighted by atomic mass is 10.1. The second-order valence-electron chi connectivity index (χ2n) is 3.94.